The second-order valence-corrected chi connectivity index (χ2v) is 6.85. The van der Waals surface area contributed by atoms with Crippen LogP contribution in [0.25, 0.3) is 0 Å². The molecule has 1 N–H and O–H groups in total. The highest BCUT2D eigenvalue weighted by Crippen LogP contribution is 2.35. The Labute approximate surface area is 116 Å². The number of carbonyl (C=O) groups is 2. The minimum Gasteiger partial charge on any atom is -0.342 e. The molecule has 2 amide bonds. The topological polar surface area (TPSA) is 49.4 Å². The number of aryl methyl sites for hydroxylation is 1. The molecule has 5 heteroatoms. The minimum atomic E-state index is -0.370. The molecule has 102 valence electrons. The highest BCUT2D eigenvalue weighted by Gasteiger charge is 2.45. The summed E-state index contributed by atoms with van der Waals surface area (Å²) < 4.78 is 0. The summed E-state index contributed by atoms with van der Waals surface area (Å²) in [6.07, 6.45) is 2.11. The third kappa shape index (κ3) is 2.39. The van der Waals surface area contributed by atoms with Gasteiger partial charge in [0.2, 0.25) is 11.8 Å². The monoisotopic (exact) mass is 278 g/mol. The lowest BCUT2D eigenvalue weighted by Gasteiger charge is -2.37. The number of amides is 2. The summed E-state index contributed by atoms with van der Waals surface area (Å²) in [6.45, 7) is 4.40. The molecule has 0 aromatic carbocycles. The van der Waals surface area contributed by atoms with E-state index in [0.29, 0.717) is 12.5 Å². The molecule has 1 aliphatic heterocycles. The van der Waals surface area contributed by atoms with Crippen LogP contribution in [0.15, 0.2) is 12.1 Å². The van der Waals surface area contributed by atoms with Crippen molar-refractivity contribution < 1.29 is 9.59 Å². The average Bonchev–Trinajstić information content (AvgIpc) is 3.13. The van der Waals surface area contributed by atoms with Gasteiger partial charge in [0.1, 0.15) is 12.1 Å². The van der Waals surface area contributed by atoms with Crippen LogP contribution in [0.2, 0.25) is 0 Å². The predicted octanol–water partition coefficient (Wildman–Crippen LogP) is 1.68. The van der Waals surface area contributed by atoms with Gasteiger partial charge in [0.05, 0.1) is 6.54 Å². The first-order valence-electron chi connectivity index (χ1n) is 6.72. The Morgan fingerprint density at radius 3 is 2.68 bits per heavy atom. The molecule has 2 fully saturated rings. The zero-order valence-corrected chi connectivity index (χ0v) is 12.0. The number of nitrogens with zero attached hydrogens (tertiary/aromatic N) is 1. The summed E-state index contributed by atoms with van der Waals surface area (Å²) in [4.78, 5) is 28.6. The van der Waals surface area contributed by atoms with Crippen LogP contribution in [-0.2, 0) is 16.1 Å². The van der Waals surface area contributed by atoms with Crippen molar-refractivity contribution in [1.29, 1.82) is 0 Å². The van der Waals surface area contributed by atoms with Gasteiger partial charge in [-0.2, -0.15) is 0 Å². The van der Waals surface area contributed by atoms with Crippen LogP contribution in [-0.4, -0.2) is 28.8 Å². The predicted molar refractivity (Wildman–Crippen MR) is 73.7 cm³/mol. The molecule has 2 atom stereocenters. The van der Waals surface area contributed by atoms with Crippen LogP contribution in [0.3, 0.4) is 0 Å². The van der Waals surface area contributed by atoms with Gasteiger partial charge in [-0.05, 0) is 44.7 Å². The van der Waals surface area contributed by atoms with Crippen molar-refractivity contribution in [3.8, 4) is 0 Å². The van der Waals surface area contributed by atoms with Gasteiger partial charge in [-0.1, -0.05) is 0 Å². The van der Waals surface area contributed by atoms with Crippen molar-refractivity contribution in [2.24, 2.45) is 5.92 Å². The van der Waals surface area contributed by atoms with Gasteiger partial charge in [-0.3, -0.25) is 9.59 Å². The standard InChI is InChI=1S/C14H18N2O2S/c1-8-3-6-11(19-8)7-16-9(2)13(17)15-12(14(16)18)10-4-5-10/h3,6,9-10,12H,4-5,7H2,1-2H3,(H,15,17). The van der Waals surface area contributed by atoms with E-state index in [1.165, 1.54) is 4.88 Å². The van der Waals surface area contributed by atoms with E-state index in [-0.39, 0.29) is 23.9 Å². The van der Waals surface area contributed by atoms with Crippen molar-refractivity contribution >= 4 is 23.2 Å². The van der Waals surface area contributed by atoms with Crippen molar-refractivity contribution in [2.45, 2.75) is 45.3 Å². The Balaban J connectivity index is 1.80. The number of thiophene rings is 1. The van der Waals surface area contributed by atoms with Crippen molar-refractivity contribution in [3.63, 3.8) is 0 Å². The zero-order chi connectivity index (χ0) is 13.6. The Kier molecular flexibility index (Phi) is 3.09. The summed E-state index contributed by atoms with van der Waals surface area (Å²) in [6, 6.07) is 3.44. The van der Waals surface area contributed by atoms with Crippen LogP contribution in [0.5, 0.6) is 0 Å². The molecule has 2 unspecified atom stereocenters. The SMILES string of the molecule is Cc1ccc(CN2C(=O)C(C3CC3)NC(=O)C2C)s1. The van der Waals surface area contributed by atoms with E-state index >= 15 is 0 Å². The highest BCUT2D eigenvalue weighted by atomic mass is 32.1. The molecule has 2 aliphatic rings. The Morgan fingerprint density at radius 2 is 2.11 bits per heavy atom. The van der Waals surface area contributed by atoms with Crippen molar-refractivity contribution in [2.75, 3.05) is 0 Å². The van der Waals surface area contributed by atoms with Crippen LogP contribution in [0.4, 0.5) is 0 Å². The van der Waals surface area contributed by atoms with Gasteiger partial charge in [-0.25, -0.2) is 0 Å². The fourth-order valence-corrected chi connectivity index (χ4v) is 3.44. The number of nitrogens with one attached hydrogen (secondary N) is 1. The summed E-state index contributed by atoms with van der Waals surface area (Å²) in [5, 5.41) is 2.87. The molecule has 1 saturated carbocycles. The molecule has 19 heavy (non-hydrogen) atoms. The first kappa shape index (κ1) is 12.7. The van der Waals surface area contributed by atoms with E-state index in [1.54, 1.807) is 23.2 Å². The second kappa shape index (κ2) is 4.63. The minimum absolute atomic E-state index is 0.0234. The van der Waals surface area contributed by atoms with E-state index in [4.69, 9.17) is 0 Å². The molecule has 4 nitrogen and oxygen atoms in total. The molecule has 1 saturated heterocycles. The molecule has 1 aliphatic carbocycles. The normalized spacial score (nSPS) is 27.6. The molecular weight excluding hydrogens is 260 g/mol. The first-order chi connectivity index (χ1) is 9.06. The van der Waals surface area contributed by atoms with Gasteiger partial charge >= 0.3 is 0 Å². The van der Waals surface area contributed by atoms with Crippen LogP contribution in [0.1, 0.15) is 29.5 Å². The molecular formula is C14H18N2O2S. The smallest absolute Gasteiger partial charge is 0.246 e. The summed E-state index contributed by atoms with van der Waals surface area (Å²) >= 11 is 1.69. The maximum Gasteiger partial charge on any atom is 0.246 e. The molecule has 1 aromatic rings. The van der Waals surface area contributed by atoms with Crippen LogP contribution >= 0.6 is 11.3 Å². The third-order valence-corrected chi connectivity index (χ3v) is 4.89. The molecule has 0 bridgehead atoms. The molecule has 0 radical (unpaired) electrons. The Hall–Kier alpha value is -1.36. The largest absolute Gasteiger partial charge is 0.342 e. The average molecular weight is 278 g/mol. The maximum absolute atomic E-state index is 12.5. The van der Waals surface area contributed by atoms with Gasteiger partial charge in [-0.15, -0.1) is 11.3 Å². The number of rotatable bonds is 3. The van der Waals surface area contributed by atoms with Gasteiger partial charge in [0.15, 0.2) is 0 Å². The summed E-state index contributed by atoms with van der Waals surface area (Å²) in [5.41, 5.74) is 0. The van der Waals surface area contributed by atoms with E-state index in [1.807, 2.05) is 6.07 Å². The van der Waals surface area contributed by atoms with Crippen molar-refractivity contribution in [1.82, 2.24) is 10.2 Å². The number of hydrogen-bond donors (Lipinski definition) is 1. The van der Waals surface area contributed by atoms with Crippen LogP contribution < -0.4 is 5.32 Å². The number of carbonyl (C=O) groups excluding carboxylic acids is 2. The van der Waals surface area contributed by atoms with E-state index in [9.17, 15) is 9.59 Å². The molecule has 3 rings (SSSR count). The second-order valence-electron chi connectivity index (χ2n) is 5.48. The summed E-state index contributed by atoms with van der Waals surface area (Å²) in [5.74, 6) is 0.418. The third-order valence-electron chi connectivity index (χ3n) is 3.91. The molecule has 0 spiro atoms. The maximum atomic E-state index is 12.5. The number of hydrogen-bond acceptors (Lipinski definition) is 3. The van der Waals surface area contributed by atoms with Gasteiger partial charge in [0.25, 0.3) is 0 Å². The number of piperazine rings is 1. The lowest BCUT2D eigenvalue weighted by Crippen LogP contribution is -2.62. The Bertz CT molecular complexity index is 521. The quantitative estimate of drug-likeness (QED) is 0.914. The summed E-state index contributed by atoms with van der Waals surface area (Å²) in [7, 11) is 0. The highest BCUT2D eigenvalue weighted by molar-refractivity contribution is 7.11. The Morgan fingerprint density at radius 1 is 1.37 bits per heavy atom. The first-order valence-corrected chi connectivity index (χ1v) is 7.54. The lowest BCUT2D eigenvalue weighted by molar-refractivity contribution is -0.149. The van der Waals surface area contributed by atoms with E-state index in [0.717, 1.165) is 17.7 Å². The van der Waals surface area contributed by atoms with E-state index < -0.39 is 0 Å². The zero-order valence-electron chi connectivity index (χ0n) is 11.2. The van der Waals surface area contributed by atoms with Crippen LogP contribution in [0, 0.1) is 12.8 Å². The lowest BCUT2D eigenvalue weighted by atomic mass is 10.0. The van der Waals surface area contributed by atoms with E-state index in [2.05, 4.69) is 18.3 Å². The van der Waals surface area contributed by atoms with Crippen molar-refractivity contribution in [3.05, 3.63) is 21.9 Å². The fourth-order valence-electron chi connectivity index (χ4n) is 2.55. The van der Waals surface area contributed by atoms with Gasteiger partial charge < -0.3 is 10.2 Å². The van der Waals surface area contributed by atoms with Gasteiger partial charge in [0, 0.05) is 9.75 Å². The fraction of sp³-hybridized carbons (Fsp3) is 0.571. The molecule has 1 aromatic heterocycles. The molecule has 2 heterocycles.